The minimum atomic E-state index is -3.75. The number of nitrogens with two attached hydrogens (primary N) is 1. The van der Waals surface area contributed by atoms with Crippen LogP contribution in [-0.2, 0) is 14.8 Å². The number of rotatable bonds is 8. The molecular formula is C20H18N2O6S. The summed E-state index contributed by atoms with van der Waals surface area (Å²) >= 11 is 0. The molecule has 9 heteroatoms. The number of para-hydroxylation sites is 1. The van der Waals surface area contributed by atoms with Gasteiger partial charge in [0.2, 0.25) is 10.0 Å². The predicted molar refractivity (Wildman–Crippen MR) is 104 cm³/mol. The summed E-state index contributed by atoms with van der Waals surface area (Å²) in [6.07, 6.45) is 3.16. The fourth-order valence-electron chi connectivity index (χ4n) is 2.36. The molecule has 3 rings (SSSR count). The number of esters is 1. The van der Waals surface area contributed by atoms with Gasteiger partial charge in [0, 0.05) is 6.20 Å². The van der Waals surface area contributed by atoms with E-state index in [9.17, 15) is 13.2 Å². The van der Waals surface area contributed by atoms with Crippen molar-refractivity contribution in [2.24, 2.45) is 5.14 Å². The highest BCUT2D eigenvalue weighted by Gasteiger charge is 2.14. The number of pyridine rings is 1. The summed E-state index contributed by atoms with van der Waals surface area (Å²) in [6.45, 7) is 0.0864. The standard InChI is InChI=1S/C20H18N2O6S/c21-29(24,25)17-9-7-15(8-10-17)26-12-13-27-20(23)18-5-1-2-6-19(18)28-16-4-3-11-22-14-16/h1-11,14H,12-13H2,(H2,21,24,25). The molecule has 0 saturated heterocycles. The molecule has 0 amide bonds. The highest BCUT2D eigenvalue weighted by atomic mass is 32.2. The molecule has 0 bridgehead atoms. The Morgan fingerprint density at radius 3 is 2.38 bits per heavy atom. The third-order valence-electron chi connectivity index (χ3n) is 3.71. The van der Waals surface area contributed by atoms with Crippen molar-refractivity contribution < 1.29 is 27.4 Å². The Kier molecular flexibility index (Phi) is 6.43. The van der Waals surface area contributed by atoms with E-state index in [1.807, 2.05) is 0 Å². The van der Waals surface area contributed by atoms with Gasteiger partial charge in [0.15, 0.2) is 0 Å². The highest BCUT2D eigenvalue weighted by molar-refractivity contribution is 7.89. The molecule has 2 aromatic carbocycles. The van der Waals surface area contributed by atoms with E-state index in [0.29, 0.717) is 17.2 Å². The van der Waals surface area contributed by atoms with Gasteiger partial charge in [-0.3, -0.25) is 4.98 Å². The van der Waals surface area contributed by atoms with Gasteiger partial charge in [-0.1, -0.05) is 12.1 Å². The molecule has 0 unspecified atom stereocenters. The van der Waals surface area contributed by atoms with Crippen LogP contribution in [0.4, 0.5) is 0 Å². The van der Waals surface area contributed by atoms with Gasteiger partial charge < -0.3 is 14.2 Å². The van der Waals surface area contributed by atoms with Crippen molar-refractivity contribution in [3.8, 4) is 17.2 Å². The average molecular weight is 414 g/mol. The normalized spacial score (nSPS) is 10.9. The largest absolute Gasteiger partial charge is 0.490 e. The van der Waals surface area contributed by atoms with E-state index in [0.717, 1.165) is 0 Å². The Balaban J connectivity index is 1.54. The highest BCUT2D eigenvalue weighted by Crippen LogP contribution is 2.25. The van der Waals surface area contributed by atoms with Crippen LogP contribution < -0.4 is 14.6 Å². The topological polar surface area (TPSA) is 118 Å². The summed E-state index contributed by atoms with van der Waals surface area (Å²) in [5.74, 6) is 0.718. The van der Waals surface area contributed by atoms with Crippen LogP contribution in [-0.4, -0.2) is 32.6 Å². The zero-order valence-corrected chi connectivity index (χ0v) is 16.0. The number of ether oxygens (including phenoxy) is 3. The zero-order chi connectivity index (χ0) is 20.7. The minimum absolute atomic E-state index is 0.00298. The molecule has 0 aliphatic carbocycles. The second-order valence-electron chi connectivity index (χ2n) is 5.79. The second-order valence-corrected chi connectivity index (χ2v) is 7.35. The lowest BCUT2D eigenvalue weighted by Crippen LogP contribution is -2.13. The Morgan fingerprint density at radius 2 is 1.69 bits per heavy atom. The summed E-state index contributed by atoms with van der Waals surface area (Å²) in [5, 5.41) is 5.04. The summed E-state index contributed by atoms with van der Waals surface area (Å²) in [6, 6.07) is 15.8. The monoisotopic (exact) mass is 414 g/mol. The number of benzene rings is 2. The van der Waals surface area contributed by atoms with Gasteiger partial charge in [0.25, 0.3) is 0 Å². The number of aromatic nitrogens is 1. The molecule has 8 nitrogen and oxygen atoms in total. The molecule has 0 radical (unpaired) electrons. The molecule has 3 aromatic rings. The molecule has 0 spiro atoms. The van der Waals surface area contributed by atoms with Gasteiger partial charge in [0.1, 0.15) is 36.0 Å². The maximum Gasteiger partial charge on any atom is 0.342 e. The summed E-state index contributed by atoms with van der Waals surface area (Å²) in [4.78, 5) is 16.3. The minimum Gasteiger partial charge on any atom is -0.490 e. The van der Waals surface area contributed by atoms with Crippen LogP contribution in [0.2, 0.25) is 0 Å². The molecule has 2 N–H and O–H groups in total. The summed E-state index contributed by atoms with van der Waals surface area (Å²) in [5.41, 5.74) is 0.272. The molecule has 1 heterocycles. The molecule has 0 fully saturated rings. The van der Waals surface area contributed by atoms with Gasteiger partial charge in [-0.15, -0.1) is 0 Å². The maximum atomic E-state index is 12.4. The third kappa shape index (κ3) is 5.77. The van der Waals surface area contributed by atoms with Crippen LogP contribution >= 0.6 is 0 Å². The van der Waals surface area contributed by atoms with Gasteiger partial charge >= 0.3 is 5.97 Å². The van der Waals surface area contributed by atoms with E-state index in [2.05, 4.69) is 4.98 Å². The van der Waals surface area contributed by atoms with E-state index in [4.69, 9.17) is 19.3 Å². The zero-order valence-electron chi connectivity index (χ0n) is 15.2. The van der Waals surface area contributed by atoms with Crippen LogP contribution in [0.5, 0.6) is 17.2 Å². The third-order valence-corrected chi connectivity index (χ3v) is 4.64. The number of hydrogen-bond donors (Lipinski definition) is 1. The number of carbonyl (C=O) groups is 1. The van der Waals surface area contributed by atoms with Crippen LogP contribution in [0.25, 0.3) is 0 Å². The number of primary sulfonamides is 1. The lowest BCUT2D eigenvalue weighted by Gasteiger charge is -2.11. The van der Waals surface area contributed by atoms with Crippen LogP contribution in [0.1, 0.15) is 10.4 Å². The quantitative estimate of drug-likeness (QED) is 0.445. The van der Waals surface area contributed by atoms with Crippen molar-refractivity contribution in [2.75, 3.05) is 13.2 Å². The predicted octanol–water partition coefficient (Wildman–Crippen LogP) is 2.76. The van der Waals surface area contributed by atoms with Gasteiger partial charge in [-0.25, -0.2) is 18.4 Å². The Bertz CT molecular complexity index is 1070. The molecule has 1 aromatic heterocycles. The van der Waals surface area contributed by atoms with Crippen molar-refractivity contribution in [1.82, 2.24) is 4.98 Å². The lowest BCUT2D eigenvalue weighted by atomic mass is 10.2. The van der Waals surface area contributed by atoms with Crippen molar-refractivity contribution in [2.45, 2.75) is 4.90 Å². The smallest absolute Gasteiger partial charge is 0.342 e. The van der Waals surface area contributed by atoms with Crippen molar-refractivity contribution in [3.05, 3.63) is 78.6 Å². The molecule has 0 aliphatic heterocycles. The first kappa shape index (κ1) is 20.3. The van der Waals surface area contributed by atoms with E-state index in [1.54, 1.807) is 42.6 Å². The molecule has 150 valence electrons. The van der Waals surface area contributed by atoms with E-state index >= 15 is 0 Å². The van der Waals surface area contributed by atoms with E-state index in [-0.39, 0.29) is 23.7 Å². The first-order valence-corrected chi connectivity index (χ1v) is 10.1. The number of hydrogen-bond acceptors (Lipinski definition) is 7. The van der Waals surface area contributed by atoms with Gasteiger partial charge in [-0.2, -0.15) is 0 Å². The van der Waals surface area contributed by atoms with Crippen molar-refractivity contribution in [1.29, 1.82) is 0 Å². The molecule has 29 heavy (non-hydrogen) atoms. The van der Waals surface area contributed by atoms with Gasteiger partial charge in [-0.05, 0) is 48.5 Å². The SMILES string of the molecule is NS(=O)(=O)c1ccc(OCCOC(=O)c2ccccc2Oc2cccnc2)cc1. The van der Waals surface area contributed by atoms with Crippen molar-refractivity contribution >= 4 is 16.0 Å². The molecule has 0 atom stereocenters. The van der Waals surface area contributed by atoms with Gasteiger partial charge in [0.05, 0.1) is 11.1 Å². The number of nitrogens with zero attached hydrogens (tertiary/aromatic N) is 1. The lowest BCUT2D eigenvalue weighted by molar-refractivity contribution is 0.0447. The molecular weight excluding hydrogens is 396 g/mol. The van der Waals surface area contributed by atoms with Crippen LogP contribution in [0.15, 0.2) is 78.0 Å². The van der Waals surface area contributed by atoms with E-state index < -0.39 is 16.0 Å². The van der Waals surface area contributed by atoms with Crippen LogP contribution in [0, 0.1) is 0 Å². The fraction of sp³-hybridized carbons (Fsp3) is 0.100. The summed E-state index contributed by atoms with van der Waals surface area (Å²) in [7, 11) is -3.75. The Labute approximate surface area is 167 Å². The Hall–Kier alpha value is -3.43. The fourth-order valence-corrected chi connectivity index (χ4v) is 2.87. The van der Waals surface area contributed by atoms with E-state index in [1.165, 1.54) is 30.5 Å². The number of sulfonamides is 1. The van der Waals surface area contributed by atoms with Crippen LogP contribution in [0.3, 0.4) is 0 Å². The maximum absolute atomic E-state index is 12.4. The molecule has 0 saturated carbocycles. The molecule has 0 aliphatic rings. The summed E-state index contributed by atoms with van der Waals surface area (Å²) < 4.78 is 38.8. The first-order valence-electron chi connectivity index (χ1n) is 8.53. The number of carbonyl (C=O) groups excluding carboxylic acids is 1. The average Bonchev–Trinajstić information content (AvgIpc) is 2.72. The second kappa shape index (κ2) is 9.18. The van der Waals surface area contributed by atoms with Crippen molar-refractivity contribution in [3.63, 3.8) is 0 Å². The first-order chi connectivity index (χ1) is 13.9. The Morgan fingerprint density at radius 1 is 0.931 bits per heavy atom.